The monoisotopic (exact) mass is 288 g/mol. The van der Waals surface area contributed by atoms with Gasteiger partial charge in [0.1, 0.15) is 0 Å². The molecule has 2 N–H and O–H groups in total. The number of aryl methyl sites for hydroxylation is 1. The Kier molecular flexibility index (Phi) is 4.91. The zero-order valence-corrected chi connectivity index (χ0v) is 13.1. The van der Waals surface area contributed by atoms with Crippen molar-refractivity contribution < 1.29 is 4.74 Å². The maximum absolute atomic E-state index is 6.68. The van der Waals surface area contributed by atoms with Crippen LogP contribution in [0.25, 0.3) is 0 Å². The number of pyridine rings is 1. The number of fused-ring (bicyclic) bond motifs is 1. The van der Waals surface area contributed by atoms with E-state index in [1.54, 1.807) is 0 Å². The van der Waals surface area contributed by atoms with E-state index in [4.69, 9.17) is 10.5 Å². The first-order valence-electron chi connectivity index (χ1n) is 8.53. The summed E-state index contributed by atoms with van der Waals surface area (Å²) in [5.41, 5.74) is 9.31. The van der Waals surface area contributed by atoms with Crippen molar-refractivity contribution in [3.8, 4) is 0 Å². The van der Waals surface area contributed by atoms with Crippen molar-refractivity contribution in [3.63, 3.8) is 0 Å². The van der Waals surface area contributed by atoms with Gasteiger partial charge in [0.2, 0.25) is 0 Å². The molecule has 1 aromatic rings. The highest BCUT2D eigenvalue weighted by atomic mass is 16.5. The minimum atomic E-state index is 0.0760. The third kappa shape index (κ3) is 3.14. The molecule has 0 bridgehead atoms. The van der Waals surface area contributed by atoms with Gasteiger partial charge in [-0.2, -0.15) is 0 Å². The van der Waals surface area contributed by atoms with Crippen LogP contribution in [0.3, 0.4) is 0 Å². The molecule has 1 heterocycles. The summed E-state index contributed by atoms with van der Waals surface area (Å²) in [6, 6.07) is 4.33. The lowest BCUT2D eigenvalue weighted by Crippen LogP contribution is -2.47. The molecule has 0 aliphatic heterocycles. The number of aromatic nitrogens is 1. The molecule has 2 aliphatic carbocycles. The van der Waals surface area contributed by atoms with Crippen LogP contribution in [0.4, 0.5) is 0 Å². The molecule has 0 radical (unpaired) electrons. The quantitative estimate of drug-likeness (QED) is 0.923. The average Bonchev–Trinajstić information content (AvgIpc) is 2.56. The van der Waals surface area contributed by atoms with E-state index in [-0.39, 0.29) is 12.1 Å². The lowest BCUT2D eigenvalue weighted by Gasteiger charge is -2.38. The Hall–Kier alpha value is -0.930. The minimum Gasteiger partial charge on any atom is -0.380 e. The molecule has 2 aliphatic rings. The highest BCUT2D eigenvalue weighted by Crippen LogP contribution is 2.37. The van der Waals surface area contributed by atoms with E-state index in [2.05, 4.69) is 11.1 Å². The summed E-state index contributed by atoms with van der Waals surface area (Å²) >= 11 is 0. The van der Waals surface area contributed by atoms with Crippen molar-refractivity contribution in [1.29, 1.82) is 0 Å². The Morgan fingerprint density at radius 1 is 1.19 bits per heavy atom. The molecule has 3 heteroatoms. The average molecular weight is 288 g/mol. The Balaban J connectivity index is 1.78. The lowest BCUT2D eigenvalue weighted by molar-refractivity contribution is 0.00958. The molecular weight excluding hydrogens is 260 g/mol. The number of nitrogens with two attached hydrogens (primary N) is 1. The molecule has 3 unspecified atom stereocenters. The molecule has 0 spiro atoms. The van der Waals surface area contributed by atoms with Gasteiger partial charge in [0.25, 0.3) is 0 Å². The fourth-order valence-electron chi connectivity index (χ4n) is 4.38. The molecule has 0 saturated heterocycles. The Morgan fingerprint density at radius 2 is 2.00 bits per heavy atom. The van der Waals surface area contributed by atoms with Crippen molar-refractivity contribution in [1.82, 2.24) is 4.98 Å². The van der Waals surface area contributed by atoms with Gasteiger partial charge in [-0.25, -0.2) is 0 Å². The van der Waals surface area contributed by atoms with Crippen molar-refractivity contribution in [2.24, 2.45) is 11.7 Å². The van der Waals surface area contributed by atoms with Gasteiger partial charge in [0.05, 0.1) is 6.10 Å². The molecule has 3 atom stereocenters. The number of nitrogens with zero attached hydrogens (tertiary/aromatic N) is 1. The highest BCUT2D eigenvalue weighted by Gasteiger charge is 2.36. The molecule has 1 saturated carbocycles. The van der Waals surface area contributed by atoms with Gasteiger partial charge in [-0.05, 0) is 49.7 Å². The summed E-state index contributed by atoms with van der Waals surface area (Å²) in [5.74, 6) is 0.995. The number of rotatable bonds is 4. The number of ether oxygens (including phenoxy) is 1. The number of hydrogen-bond acceptors (Lipinski definition) is 3. The molecule has 0 aromatic carbocycles. The third-order valence-electron chi connectivity index (χ3n) is 5.47. The summed E-state index contributed by atoms with van der Waals surface area (Å²) in [6.45, 7) is 0. The van der Waals surface area contributed by atoms with Gasteiger partial charge < -0.3 is 10.5 Å². The van der Waals surface area contributed by atoms with Crippen LogP contribution in [-0.4, -0.2) is 24.2 Å². The first-order valence-corrected chi connectivity index (χ1v) is 8.53. The highest BCUT2D eigenvalue weighted by molar-refractivity contribution is 5.27. The van der Waals surface area contributed by atoms with Gasteiger partial charge in [-0.3, -0.25) is 4.98 Å². The Bertz CT molecular complexity index is 456. The van der Waals surface area contributed by atoms with Crippen LogP contribution in [0, 0.1) is 5.92 Å². The predicted molar refractivity (Wildman–Crippen MR) is 85.3 cm³/mol. The molecule has 3 nitrogen and oxygen atoms in total. The van der Waals surface area contributed by atoms with E-state index in [0.717, 1.165) is 12.8 Å². The molecule has 1 fully saturated rings. The summed E-state index contributed by atoms with van der Waals surface area (Å²) in [6.07, 6.45) is 12.2. The summed E-state index contributed by atoms with van der Waals surface area (Å²) in [4.78, 5) is 4.65. The zero-order chi connectivity index (χ0) is 14.7. The van der Waals surface area contributed by atoms with E-state index in [1.165, 1.54) is 49.8 Å². The summed E-state index contributed by atoms with van der Waals surface area (Å²) in [5, 5.41) is 0. The first-order chi connectivity index (χ1) is 10.3. The molecule has 1 aromatic heterocycles. The van der Waals surface area contributed by atoms with E-state index in [9.17, 15) is 0 Å². The van der Waals surface area contributed by atoms with E-state index < -0.39 is 0 Å². The van der Waals surface area contributed by atoms with Gasteiger partial charge in [-0.15, -0.1) is 0 Å². The maximum Gasteiger partial charge on any atom is 0.0756 e. The van der Waals surface area contributed by atoms with Gasteiger partial charge >= 0.3 is 0 Å². The van der Waals surface area contributed by atoms with Crippen LogP contribution < -0.4 is 5.73 Å². The fourth-order valence-corrected chi connectivity index (χ4v) is 4.38. The molecule has 3 rings (SSSR count). The topological polar surface area (TPSA) is 48.1 Å². The molecular formula is C18H28N2O. The van der Waals surface area contributed by atoms with E-state index in [1.807, 2.05) is 19.4 Å². The van der Waals surface area contributed by atoms with E-state index >= 15 is 0 Å². The molecule has 0 amide bonds. The lowest BCUT2D eigenvalue weighted by atomic mass is 9.75. The standard InChI is InChI=1S/C18H28N2O/c1-21-18(14-7-3-2-4-8-14)16(19)15-11-5-9-13-10-6-12-20-17(13)15/h6,10,12,14-16,18H,2-5,7-9,11,19H2,1H3. The van der Waals surface area contributed by atoms with Gasteiger partial charge in [0.15, 0.2) is 0 Å². The van der Waals surface area contributed by atoms with Crippen LogP contribution >= 0.6 is 0 Å². The first kappa shape index (κ1) is 15.0. The minimum absolute atomic E-state index is 0.0760. The second-order valence-corrected chi connectivity index (χ2v) is 6.72. The summed E-state index contributed by atoms with van der Waals surface area (Å²) < 4.78 is 5.87. The van der Waals surface area contributed by atoms with Crippen molar-refractivity contribution >= 4 is 0 Å². The number of methoxy groups -OCH3 is 1. The normalized spacial score (nSPS) is 26.1. The Labute approximate surface area is 128 Å². The van der Waals surface area contributed by atoms with Crippen LogP contribution in [0.1, 0.15) is 62.1 Å². The second kappa shape index (κ2) is 6.89. The molecule has 21 heavy (non-hydrogen) atoms. The fraction of sp³-hybridized carbons (Fsp3) is 0.722. The SMILES string of the molecule is COC(C1CCCCC1)C(N)C1CCCc2cccnc21. The van der Waals surface area contributed by atoms with Crippen LogP contribution in [0.2, 0.25) is 0 Å². The Morgan fingerprint density at radius 3 is 2.76 bits per heavy atom. The smallest absolute Gasteiger partial charge is 0.0756 e. The van der Waals surface area contributed by atoms with Crippen LogP contribution in [-0.2, 0) is 11.2 Å². The van der Waals surface area contributed by atoms with E-state index in [0.29, 0.717) is 11.8 Å². The van der Waals surface area contributed by atoms with Crippen molar-refractivity contribution in [2.75, 3.05) is 7.11 Å². The second-order valence-electron chi connectivity index (χ2n) is 6.72. The summed E-state index contributed by atoms with van der Waals surface area (Å²) in [7, 11) is 1.83. The van der Waals surface area contributed by atoms with Crippen LogP contribution in [0.15, 0.2) is 18.3 Å². The van der Waals surface area contributed by atoms with Crippen molar-refractivity contribution in [2.45, 2.75) is 69.4 Å². The van der Waals surface area contributed by atoms with Gasteiger partial charge in [-0.1, -0.05) is 25.3 Å². The third-order valence-corrected chi connectivity index (χ3v) is 5.47. The number of hydrogen-bond donors (Lipinski definition) is 1. The molecule has 116 valence electrons. The van der Waals surface area contributed by atoms with Crippen LogP contribution in [0.5, 0.6) is 0 Å². The maximum atomic E-state index is 6.68. The zero-order valence-electron chi connectivity index (χ0n) is 13.1. The predicted octanol–water partition coefficient (Wildman–Crippen LogP) is 3.42. The van der Waals surface area contributed by atoms with Crippen molar-refractivity contribution in [3.05, 3.63) is 29.6 Å². The van der Waals surface area contributed by atoms with Gasteiger partial charge in [0, 0.05) is 31.0 Å². The largest absolute Gasteiger partial charge is 0.380 e.